The fourth-order valence-electron chi connectivity index (χ4n) is 3.62. The molecule has 1 saturated heterocycles. The van der Waals surface area contributed by atoms with Gasteiger partial charge in [0, 0.05) is 23.8 Å². The lowest BCUT2D eigenvalue weighted by molar-refractivity contribution is -0.128. The molecule has 0 unspecified atom stereocenters. The quantitative estimate of drug-likeness (QED) is 0.891. The number of rotatable bonds is 5. The predicted molar refractivity (Wildman–Crippen MR) is 93.3 cm³/mol. The summed E-state index contributed by atoms with van der Waals surface area (Å²) < 4.78 is 2.10. The van der Waals surface area contributed by atoms with Crippen LogP contribution in [0.3, 0.4) is 0 Å². The number of carbonyl (C=O) groups excluding carboxylic acids is 1. The van der Waals surface area contributed by atoms with E-state index in [9.17, 15) is 4.79 Å². The Labute approximate surface area is 138 Å². The highest BCUT2D eigenvalue weighted by molar-refractivity contribution is 5.80. The second-order valence-corrected chi connectivity index (χ2v) is 7.14. The summed E-state index contributed by atoms with van der Waals surface area (Å²) in [5.74, 6) is 0.742. The largest absolute Gasteiger partial charge is 0.347 e. The summed E-state index contributed by atoms with van der Waals surface area (Å²) in [6.45, 7) is 8.27. The van der Waals surface area contributed by atoms with Crippen molar-refractivity contribution >= 4 is 11.4 Å². The number of carbonyl (C=O) groups is 1. The molecule has 2 aromatic heterocycles. The molecule has 1 aliphatic heterocycles. The highest BCUT2D eigenvalue weighted by Gasteiger charge is 2.33. The van der Waals surface area contributed by atoms with Crippen molar-refractivity contribution in [1.82, 2.24) is 15.0 Å². The number of aromatic nitrogens is 1. The Morgan fingerprint density at radius 3 is 2.96 bits per heavy atom. The maximum atomic E-state index is 12.8. The Bertz CT molecular complexity index is 650. The van der Waals surface area contributed by atoms with Gasteiger partial charge in [-0.2, -0.15) is 0 Å². The van der Waals surface area contributed by atoms with Crippen molar-refractivity contribution in [1.29, 1.82) is 0 Å². The lowest BCUT2D eigenvalue weighted by atomic mass is 9.87. The first kappa shape index (κ1) is 16.1. The van der Waals surface area contributed by atoms with Crippen LogP contribution in [0.4, 0.5) is 0 Å². The van der Waals surface area contributed by atoms with Gasteiger partial charge in [0.25, 0.3) is 0 Å². The summed E-state index contributed by atoms with van der Waals surface area (Å²) in [5.41, 5.74) is 1.91. The van der Waals surface area contributed by atoms with E-state index < -0.39 is 0 Å². The normalized spacial score (nSPS) is 19.9. The summed E-state index contributed by atoms with van der Waals surface area (Å²) in [6, 6.07) is 8.28. The van der Waals surface area contributed by atoms with Crippen LogP contribution in [0, 0.1) is 11.8 Å². The van der Waals surface area contributed by atoms with Crippen molar-refractivity contribution in [2.45, 2.75) is 39.2 Å². The zero-order valence-corrected chi connectivity index (χ0v) is 14.3. The number of nitrogens with one attached hydrogen (secondary N) is 2. The third-order valence-corrected chi connectivity index (χ3v) is 5.11. The molecule has 0 aromatic carbocycles. The maximum Gasteiger partial charge on any atom is 0.224 e. The topological polar surface area (TPSA) is 45.5 Å². The zero-order chi connectivity index (χ0) is 16.4. The number of fused-ring (bicyclic) bond motifs is 1. The van der Waals surface area contributed by atoms with Crippen LogP contribution in [-0.4, -0.2) is 23.4 Å². The zero-order valence-electron chi connectivity index (χ0n) is 14.3. The molecular weight excluding hydrogens is 286 g/mol. The van der Waals surface area contributed by atoms with Crippen LogP contribution in [0.5, 0.6) is 0 Å². The average Bonchev–Trinajstić information content (AvgIpc) is 3.16. The van der Waals surface area contributed by atoms with Gasteiger partial charge in [-0.3, -0.25) is 4.79 Å². The van der Waals surface area contributed by atoms with E-state index in [1.807, 2.05) is 18.3 Å². The van der Waals surface area contributed by atoms with Crippen LogP contribution in [0.25, 0.3) is 5.52 Å². The van der Waals surface area contributed by atoms with Gasteiger partial charge < -0.3 is 15.0 Å². The first-order valence-electron chi connectivity index (χ1n) is 8.61. The molecule has 1 amide bonds. The van der Waals surface area contributed by atoms with Crippen LogP contribution >= 0.6 is 0 Å². The highest BCUT2D eigenvalue weighted by atomic mass is 16.2. The van der Waals surface area contributed by atoms with Crippen LogP contribution in [-0.2, 0) is 10.3 Å². The average molecular weight is 313 g/mol. The monoisotopic (exact) mass is 313 g/mol. The Kier molecular flexibility index (Phi) is 4.44. The van der Waals surface area contributed by atoms with Gasteiger partial charge in [0.15, 0.2) is 0 Å². The molecule has 4 heteroatoms. The molecule has 2 N–H and O–H groups in total. The van der Waals surface area contributed by atoms with Gasteiger partial charge in [-0.15, -0.1) is 0 Å². The molecule has 4 nitrogen and oxygen atoms in total. The van der Waals surface area contributed by atoms with Crippen molar-refractivity contribution in [3.8, 4) is 0 Å². The van der Waals surface area contributed by atoms with Crippen molar-refractivity contribution in [3.63, 3.8) is 0 Å². The number of hydrogen-bond acceptors (Lipinski definition) is 2. The number of amides is 1. The summed E-state index contributed by atoms with van der Waals surface area (Å²) in [6.07, 6.45) is 6.14. The molecule has 0 radical (unpaired) electrons. The standard InChI is InChI=1S/C19H27N3O/c1-4-17(14-8-9-20-12-14)18(23)21-19(2,3)15-11-16-7-5-6-10-22(16)13-15/h5-7,10-11,13-14,17,20H,4,8-9,12H2,1-3H3,(H,21,23)/t14-,17+/m0/s1. The van der Waals surface area contributed by atoms with Crippen molar-refractivity contribution < 1.29 is 4.79 Å². The van der Waals surface area contributed by atoms with Crippen LogP contribution < -0.4 is 10.6 Å². The molecule has 3 rings (SSSR count). The van der Waals surface area contributed by atoms with Gasteiger partial charge >= 0.3 is 0 Å². The third-order valence-electron chi connectivity index (χ3n) is 5.11. The summed E-state index contributed by atoms with van der Waals surface area (Å²) in [5, 5.41) is 6.65. The number of pyridine rings is 1. The molecule has 0 spiro atoms. The molecular formula is C19H27N3O. The first-order valence-corrected chi connectivity index (χ1v) is 8.61. The Morgan fingerprint density at radius 1 is 1.48 bits per heavy atom. The van der Waals surface area contributed by atoms with Crippen LogP contribution in [0.15, 0.2) is 36.7 Å². The van der Waals surface area contributed by atoms with E-state index in [1.54, 1.807) is 0 Å². The van der Waals surface area contributed by atoms with Gasteiger partial charge in [-0.1, -0.05) is 13.0 Å². The summed E-state index contributed by atoms with van der Waals surface area (Å²) in [4.78, 5) is 12.8. The second kappa shape index (κ2) is 6.36. The second-order valence-electron chi connectivity index (χ2n) is 7.14. The van der Waals surface area contributed by atoms with E-state index >= 15 is 0 Å². The smallest absolute Gasteiger partial charge is 0.224 e. The van der Waals surface area contributed by atoms with Crippen LogP contribution in [0.1, 0.15) is 39.2 Å². The molecule has 124 valence electrons. The Hall–Kier alpha value is -1.81. The first-order chi connectivity index (χ1) is 11.0. The van der Waals surface area contributed by atoms with E-state index in [0.717, 1.165) is 37.0 Å². The van der Waals surface area contributed by atoms with Crippen molar-refractivity contribution in [2.24, 2.45) is 11.8 Å². The predicted octanol–water partition coefficient (Wildman–Crippen LogP) is 2.93. The van der Waals surface area contributed by atoms with Crippen molar-refractivity contribution in [3.05, 3.63) is 42.2 Å². The van der Waals surface area contributed by atoms with Gasteiger partial charge in [-0.05, 0) is 69.5 Å². The van der Waals surface area contributed by atoms with E-state index in [4.69, 9.17) is 0 Å². The summed E-state index contributed by atoms with van der Waals surface area (Å²) in [7, 11) is 0. The third kappa shape index (κ3) is 3.27. The van der Waals surface area contributed by atoms with E-state index in [1.165, 1.54) is 0 Å². The van der Waals surface area contributed by atoms with Gasteiger partial charge in [0.2, 0.25) is 5.91 Å². The molecule has 2 aromatic rings. The molecule has 2 atom stereocenters. The van der Waals surface area contributed by atoms with Gasteiger partial charge in [-0.25, -0.2) is 0 Å². The Balaban J connectivity index is 1.77. The molecule has 0 saturated carbocycles. The molecule has 23 heavy (non-hydrogen) atoms. The fourth-order valence-corrected chi connectivity index (χ4v) is 3.62. The minimum absolute atomic E-state index is 0.0984. The molecule has 0 aliphatic carbocycles. The molecule has 1 aliphatic rings. The molecule has 1 fully saturated rings. The van der Waals surface area contributed by atoms with Crippen molar-refractivity contribution in [2.75, 3.05) is 13.1 Å². The maximum absolute atomic E-state index is 12.8. The number of nitrogens with zero attached hydrogens (tertiary/aromatic N) is 1. The SMILES string of the molecule is CC[C@@H](C(=O)NC(C)(C)c1cc2ccccn2c1)[C@H]1CCNC1. The number of hydrogen-bond donors (Lipinski definition) is 2. The highest BCUT2D eigenvalue weighted by Crippen LogP contribution is 2.27. The van der Waals surface area contributed by atoms with E-state index in [0.29, 0.717) is 5.92 Å². The van der Waals surface area contributed by atoms with E-state index in [-0.39, 0.29) is 17.4 Å². The van der Waals surface area contributed by atoms with E-state index in [2.05, 4.69) is 54.1 Å². The lowest BCUT2D eigenvalue weighted by Gasteiger charge is -2.30. The van der Waals surface area contributed by atoms with Gasteiger partial charge in [0.05, 0.1) is 5.54 Å². The molecule has 3 heterocycles. The summed E-state index contributed by atoms with van der Waals surface area (Å²) >= 11 is 0. The van der Waals surface area contributed by atoms with Gasteiger partial charge in [0.1, 0.15) is 0 Å². The van der Waals surface area contributed by atoms with Crippen LogP contribution in [0.2, 0.25) is 0 Å². The minimum Gasteiger partial charge on any atom is -0.347 e. The Morgan fingerprint density at radius 2 is 2.30 bits per heavy atom. The minimum atomic E-state index is -0.372. The lowest BCUT2D eigenvalue weighted by Crippen LogP contribution is -2.45. The molecule has 0 bridgehead atoms. The fraction of sp³-hybridized carbons (Fsp3) is 0.526.